The maximum absolute atomic E-state index is 12.3. The number of hydrogen-bond donors (Lipinski definition) is 0. The summed E-state index contributed by atoms with van der Waals surface area (Å²) >= 11 is 3.43. The number of carbonyl (C=O) groups excluding carboxylic acids is 1. The van der Waals surface area contributed by atoms with Crippen LogP contribution in [0.2, 0.25) is 0 Å². The average Bonchev–Trinajstić information content (AvgIpc) is 3.04. The minimum Gasteiger partial charge on any atom is -0.493 e. The molecule has 0 fully saturated rings. The number of benzene rings is 2. The number of ether oxygens (including phenoxy) is 3. The number of carbonyl (C=O) groups is 1. The van der Waals surface area contributed by atoms with Gasteiger partial charge in [-0.15, -0.1) is 0 Å². The highest BCUT2D eigenvalue weighted by Gasteiger charge is 2.26. The highest BCUT2D eigenvalue weighted by Crippen LogP contribution is 2.37. The van der Waals surface area contributed by atoms with E-state index in [0.717, 1.165) is 0 Å². The molecule has 0 aliphatic carbocycles. The smallest absolute Gasteiger partial charge is 0.363 e. The first kappa shape index (κ1) is 20.5. The molecule has 0 atom stereocenters. The van der Waals surface area contributed by atoms with Crippen molar-refractivity contribution in [2.24, 2.45) is 4.99 Å². The van der Waals surface area contributed by atoms with E-state index in [1.54, 1.807) is 37.3 Å². The average molecular weight is 461 g/mol. The summed E-state index contributed by atoms with van der Waals surface area (Å²) in [6, 6.07) is 8.01. The molecule has 0 aromatic heterocycles. The van der Waals surface area contributed by atoms with Gasteiger partial charge in [-0.3, -0.25) is 10.1 Å². The quantitative estimate of drug-likeness (QED) is 0.273. The van der Waals surface area contributed by atoms with E-state index in [2.05, 4.69) is 20.9 Å². The predicted molar refractivity (Wildman–Crippen MR) is 110 cm³/mol. The Morgan fingerprint density at radius 2 is 2.07 bits per heavy atom. The molecule has 2 aromatic carbocycles. The molecule has 150 valence electrons. The van der Waals surface area contributed by atoms with E-state index in [1.807, 2.05) is 6.92 Å². The summed E-state index contributed by atoms with van der Waals surface area (Å²) in [7, 11) is 1.52. The molecule has 0 spiro atoms. The van der Waals surface area contributed by atoms with Gasteiger partial charge in [0.2, 0.25) is 5.90 Å². The van der Waals surface area contributed by atoms with Crippen molar-refractivity contribution in [1.29, 1.82) is 0 Å². The van der Waals surface area contributed by atoms with Crippen molar-refractivity contribution in [3.05, 3.63) is 67.3 Å². The topological polar surface area (TPSA) is 100 Å². The number of hydrogen-bond acceptors (Lipinski definition) is 7. The Balaban J connectivity index is 1.98. The normalized spacial score (nSPS) is 14.6. The second kappa shape index (κ2) is 8.44. The molecule has 0 unspecified atom stereocenters. The first-order valence-electron chi connectivity index (χ1n) is 8.62. The Kier molecular flexibility index (Phi) is 5.97. The van der Waals surface area contributed by atoms with Gasteiger partial charge in [0.1, 0.15) is 0 Å². The highest BCUT2D eigenvalue weighted by atomic mass is 79.9. The second-order valence-electron chi connectivity index (χ2n) is 6.06. The molecule has 0 bridgehead atoms. The number of nitro benzene ring substituents is 1. The molecule has 1 aliphatic heterocycles. The van der Waals surface area contributed by atoms with Gasteiger partial charge in [0, 0.05) is 17.2 Å². The summed E-state index contributed by atoms with van der Waals surface area (Å²) in [6.07, 6.45) is 1.54. The first-order chi connectivity index (χ1) is 13.8. The summed E-state index contributed by atoms with van der Waals surface area (Å²) in [5, 5.41) is 11.1. The van der Waals surface area contributed by atoms with Crippen LogP contribution in [0.5, 0.6) is 11.5 Å². The third kappa shape index (κ3) is 4.29. The third-order valence-corrected chi connectivity index (χ3v) is 4.71. The summed E-state index contributed by atoms with van der Waals surface area (Å²) in [6.45, 7) is 3.97. The largest absolute Gasteiger partial charge is 0.493 e. The Bertz CT molecular complexity index is 1060. The zero-order valence-electron chi connectivity index (χ0n) is 15.9. The third-order valence-electron chi connectivity index (χ3n) is 4.12. The number of halogens is 1. The number of nitro groups is 1. The van der Waals surface area contributed by atoms with Crippen LogP contribution in [-0.4, -0.2) is 30.5 Å². The zero-order chi connectivity index (χ0) is 21.1. The van der Waals surface area contributed by atoms with Gasteiger partial charge in [-0.05, 0) is 59.6 Å². The Morgan fingerprint density at radius 3 is 2.72 bits per heavy atom. The molecule has 9 heteroatoms. The van der Waals surface area contributed by atoms with Gasteiger partial charge < -0.3 is 14.2 Å². The van der Waals surface area contributed by atoms with E-state index in [-0.39, 0.29) is 17.3 Å². The summed E-state index contributed by atoms with van der Waals surface area (Å²) in [4.78, 5) is 27.1. The molecule has 29 heavy (non-hydrogen) atoms. The van der Waals surface area contributed by atoms with E-state index < -0.39 is 10.9 Å². The van der Waals surface area contributed by atoms with Crippen LogP contribution in [-0.2, 0) is 9.53 Å². The van der Waals surface area contributed by atoms with Crippen LogP contribution < -0.4 is 9.47 Å². The number of methoxy groups -OCH3 is 1. The monoisotopic (exact) mass is 460 g/mol. The van der Waals surface area contributed by atoms with Crippen LogP contribution in [0.4, 0.5) is 5.69 Å². The van der Waals surface area contributed by atoms with E-state index in [9.17, 15) is 14.9 Å². The minimum atomic E-state index is -0.646. The fourth-order valence-electron chi connectivity index (χ4n) is 2.74. The van der Waals surface area contributed by atoms with E-state index in [1.165, 1.54) is 13.2 Å². The van der Waals surface area contributed by atoms with Crippen molar-refractivity contribution in [3.8, 4) is 11.5 Å². The first-order valence-corrected chi connectivity index (χ1v) is 9.41. The lowest BCUT2D eigenvalue weighted by atomic mass is 10.1. The molecule has 1 aliphatic rings. The molecule has 0 saturated carbocycles. The maximum Gasteiger partial charge on any atom is 0.363 e. The fourth-order valence-corrected chi connectivity index (χ4v) is 3.31. The van der Waals surface area contributed by atoms with Crippen LogP contribution in [0.1, 0.15) is 23.6 Å². The van der Waals surface area contributed by atoms with Crippen LogP contribution >= 0.6 is 15.9 Å². The van der Waals surface area contributed by atoms with Gasteiger partial charge in [0.05, 0.1) is 23.1 Å². The zero-order valence-corrected chi connectivity index (χ0v) is 17.5. The molecular formula is C20H17BrN2O6. The van der Waals surface area contributed by atoms with Crippen LogP contribution in [0.25, 0.3) is 6.08 Å². The number of esters is 1. The van der Waals surface area contributed by atoms with Crippen LogP contribution in [0.3, 0.4) is 0 Å². The van der Waals surface area contributed by atoms with Crippen molar-refractivity contribution in [1.82, 2.24) is 0 Å². The van der Waals surface area contributed by atoms with Crippen molar-refractivity contribution < 1.29 is 23.9 Å². The van der Waals surface area contributed by atoms with Crippen molar-refractivity contribution >= 4 is 39.6 Å². The molecule has 1 heterocycles. The summed E-state index contributed by atoms with van der Waals surface area (Å²) in [5.41, 5.74) is 1.50. The summed E-state index contributed by atoms with van der Waals surface area (Å²) < 4.78 is 16.8. The predicted octanol–water partition coefficient (Wildman–Crippen LogP) is 4.42. The van der Waals surface area contributed by atoms with E-state index in [0.29, 0.717) is 39.3 Å². The van der Waals surface area contributed by atoms with Crippen molar-refractivity contribution in [2.45, 2.75) is 13.8 Å². The number of aliphatic imine (C=N–C) groups is 1. The minimum absolute atomic E-state index is 0.0151. The lowest BCUT2D eigenvalue weighted by molar-refractivity contribution is -0.385. The van der Waals surface area contributed by atoms with Crippen molar-refractivity contribution in [2.75, 3.05) is 13.7 Å². The van der Waals surface area contributed by atoms with Gasteiger partial charge in [-0.25, -0.2) is 9.79 Å². The van der Waals surface area contributed by atoms with Crippen LogP contribution in [0, 0.1) is 17.0 Å². The molecule has 0 amide bonds. The van der Waals surface area contributed by atoms with Gasteiger partial charge in [-0.2, -0.15) is 0 Å². The highest BCUT2D eigenvalue weighted by molar-refractivity contribution is 9.10. The lowest BCUT2D eigenvalue weighted by Crippen LogP contribution is -2.06. The molecule has 8 nitrogen and oxygen atoms in total. The Morgan fingerprint density at radius 1 is 1.31 bits per heavy atom. The lowest BCUT2D eigenvalue weighted by Gasteiger charge is -2.12. The number of rotatable bonds is 6. The van der Waals surface area contributed by atoms with Gasteiger partial charge in [0.15, 0.2) is 17.2 Å². The number of cyclic esters (lactones) is 1. The summed E-state index contributed by atoms with van der Waals surface area (Å²) in [5.74, 6) is 0.425. The molecule has 2 aromatic rings. The number of nitrogens with zero attached hydrogens (tertiary/aromatic N) is 2. The van der Waals surface area contributed by atoms with Gasteiger partial charge in [0.25, 0.3) is 5.69 Å². The number of aryl methyl sites for hydroxylation is 1. The van der Waals surface area contributed by atoms with Crippen LogP contribution in [0.15, 0.2) is 45.5 Å². The fraction of sp³-hybridized carbons (Fsp3) is 0.200. The molecule has 0 saturated heterocycles. The molecule has 0 radical (unpaired) electrons. The van der Waals surface area contributed by atoms with Gasteiger partial charge >= 0.3 is 5.97 Å². The molecule has 3 rings (SSSR count). The second-order valence-corrected chi connectivity index (χ2v) is 6.92. The molecular weight excluding hydrogens is 444 g/mol. The Hall–Kier alpha value is -3.20. The SMILES string of the molecule is CCOc1c(Br)cc(/C=C2\N=C(c3ccc(C)c([N+](=O)[O-])c3)OC2=O)cc1OC. The molecule has 0 N–H and O–H groups in total. The van der Waals surface area contributed by atoms with Crippen molar-refractivity contribution in [3.63, 3.8) is 0 Å². The maximum atomic E-state index is 12.3. The Labute approximate surface area is 175 Å². The standard InChI is InChI=1S/C20H17BrN2O6/c1-4-28-18-14(21)7-12(9-17(18)27-3)8-15-20(24)29-19(22-15)13-6-5-11(2)16(10-13)23(25)26/h5-10H,4H2,1-3H3/b15-8-. The van der Waals surface area contributed by atoms with E-state index in [4.69, 9.17) is 14.2 Å². The van der Waals surface area contributed by atoms with E-state index >= 15 is 0 Å². The van der Waals surface area contributed by atoms with Gasteiger partial charge in [-0.1, -0.05) is 6.07 Å².